The number of epoxide rings is 1. The molecule has 14 heavy (non-hydrogen) atoms. The summed E-state index contributed by atoms with van der Waals surface area (Å²) in [4.78, 5) is 0. The van der Waals surface area contributed by atoms with Crippen LogP contribution in [0.5, 0.6) is 0 Å². The summed E-state index contributed by atoms with van der Waals surface area (Å²) < 4.78 is 5.45. The largest absolute Gasteiger partial charge is 0.370 e. The van der Waals surface area contributed by atoms with Crippen molar-refractivity contribution in [3.05, 3.63) is 34.9 Å². The number of benzene rings is 1. The molecule has 1 aliphatic heterocycles. The molecule has 3 atom stereocenters. The van der Waals surface area contributed by atoms with Crippen molar-refractivity contribution in [1.29, 1.82) is 0 Å². The molecule has 76 valence electrons. The fourth-order valence-electron chi connectivity index (χ4n) is 1.93. The highest BCUT2D eigenvalue weighted by Crippen LogP contribution is 2.32. The van der Waals surface area contributed by atoms with Gasteiger partial charge in [0.05, 0.1) is 12.2 Å². The number of hydrogen-bond donors (Lipinski definition) is 0. The first-order valence-electron chi connectivity index (χ1n) is 5.07. The third-order valence-electron chi connectivity index (χ3n) is 2.82. The van der Waals surface area contributed by atoms with E-state index in [1.165, 1.54) is 5.56 Å². The van der Waals surface area contributed by atoms with E-state index in [9.17, 15) is 0 Å². The normalized spacial score (nSPS) is 27.4. The van der Waals surface area contributed by atoms with Crippen LogP contribution < -0.4 is 0 Å². The Hall–Kier alpha value is -0.530. The molecule has 0 aromatic heterocycles. The quantitative estimate of drug-likeness (QED) is 0.698. The first-order chi connectivity index (χ1) is 6.68. The van der Waals surface area contributed by atoms with Gasteiger partial charge >= 0.3 is 0 Å². The summed E-state index contributed by atoms with van der Waals surface area (Å²) >= 11 is 6.09. The fraction of sp³-hybridized carbons (Fsp3) is 0.500. The Morgan fingerprint density at radius 1 is 1.43 bits per heavy atom. The second-order valence-corrected chi connectivity index (χ2v) is 4.49. The van der Waals surface area contributed by atoms with Gasteiger partial charge in [-0.1, -0.05) is 36.7 Å². The van der Waals surface area contributed by atoms with Crippen molar-refractivity contribution >= 4 is 11.6 Å². The van der Waals surface area contributed by atoms with E-state index in [4.69, 9.17) is 16.3 Å². The molecule has 0 amide bonds. The van der Waals surface area contributed by atoms with Crippen LogP contribution in [0.25, 0.3) is 0 Å². The van der Waals surface area contributed by atoms with Crippen LogP contribution in [0.4, 0.5) is 0 Å². The molecule has 0 saturated carbocycles. The molecule has 1 nitrogen and oxygen atoms in total. The molecule has 1 fully saturated rings. The Bertz CT molecular complexity index is 324. The molecule has 2 rings (SSSR count). The Balaban J connectivity index is 2.00. The van der Waals surface area contributed by atoms with Gasteiger partial charge in [0.2, 0.25) is 0 Å². The molecule has 3 unspecified atom stereocenters. The van der Waals surface area contributed by atoms with Crippen molar-refractivity contribution in [2.24, 2.45) is 5.92 Å². The van der Waals surface area contributed by atoms with Crippen LogP contribution in [0.2, 0.25) is 5.02 Å². The lowest BCUT2D eigenvalue weighted by Crippen LogP contribution is -2.09. The lowest BCUT2D eigenvalue weighted by atomic mass is 9.97. The Kier molecular flexibility index (Phi) is 2.80. The minimum absolute atomic E-state index is 0.436. The van der Waals surface area contributed by atoms with Crippen molar-refractivity contribution in [1.82, 2.24) is 0 Å². The molecule has 1 heterocycles. The molecule has 1 aromatic rings. The Morgan fingerprint density at radius 3 is 2.64 bits per heavy atom. The minimum atomic E-state index is 0.436. The molecule has 1 aliphatic rings. The maximum Gasteiger partial charge on any atom is 0.0867 e. The molecule has 0 radical (unpaired) electrons. The standard InChI is InChI=1S/C12H15ClO/c1-8(12-9(2)14-12)7-10-5-3-4-6-11(10)13/h3-6,8-9,12H,7H2,1-2H3. The summed E-state index contributed by atoms with van der Waals surface area (Å²) in [6.07, 6.45) is 1.88. The molecule has 0 bridgehead atoms. The van der Waals surface area contributed by atoms with Crippen LogP contribution >= 0.6 is 11.6 Å². The lowest BCUT2D eigenvalue weighted by Gasteiger charge is -2.09. The van der Waals surface area contributed by atoms with E-state index in [1.54, 1.807) is 0 Å². The summed E-state index contributed by atoms with van der Waals surface area (Å²) in [6.45, 7) is 4.34. The fourth-order valence-corrected chi connectivity index (χ4v) is 2.14. The summed E-state index contributed by atoms with van der Waals surface area (Å²) in [5.74, 6) is 0.560. The summed E-state index contributed by atoms with van der Waals surface area (Å²) in [5.41, 5.74) is 1.23. The highest BCUT2D eigenvalue weighted by Gasteiger charge is 2.38. The van der Waals surface area contributed by atoms with Gasteiger partial charge in [0, 0.05) is 5.02 Å². The van der Waals surface area contributed by atoms with Crippen LogP contribution in [-0.4, -0.2) is 12.2 Å². The first kappa shape index (κ1) is 10.0. The van der Waals surface area contributed by atoms with Gasteiger partial charge in [0.1, 0.15) is 0 Å². The minimum Gasteiger partial charge on any atom is -0.370 e. The van der Waals surface area contributed by atoms with Gasteiger partial charge in [-0.2, -0.15) is 0 Å². The predicted octanol–water partition coefficient (Wildman–Crippen LogP) is 3.31. The number of hydrogen-bond acceptors (Lipinski definition) is 1. The average molecular weight is 211 g/mol. The van der Waals surface area contributed by atoms with Crippen LogP contribution in [-0.2, 0) is 11.2 Å². The lowest BCUT2D eigenvalue weighted by molar-refractivity contribution is 0.328. The van der Waals surface area contributed by atoms with Crippen LogP contribution in [0.1, 0.15) is 19.4 Å². The van der Waals surface area contributed by atoms with Crippen LogP contribution in [0.3, 0.4) is 0 Å². The van der Waals surface area contributed by atoms with E-state index >= 15 is 0 Å². The van der Waals surface area contributed by atoms with Crippen molar-refractivity contribution in [3.63, 3.8) is 0 Å². The SMILES string of the molecule is CC(Cc1ccccc1Cl)C1OC1C. The highest BCUT2D eigenvalue weighted by molar-refractivity contribution is 6.31. The van der Waals surface area contributed by atoms with Crippen molar-refractivity contribution in [3.8, 4) is 0 Å². The van der Waals surface area contributed by atoms with Gasteiger partial charge < -0.3 is 4.74 Å². The molecular formula is C12H15ClO. The van der Waals surface area contributed by atoms with E-state index in [0.29, 0.717) is 18.1 Å². The molecule has 2 heteroatoms. The smallest absolute Gasteiger partial charge is 0.0867 e. The van der Waals surface area contributed by atoms with Gasteiger partial charge in [-0.15, -0.1) is 0 Å². The monoisotopic (exact) mass is 210 g/mol. The zero-order valence-corrected chi connectivity index (χ0v) is 9.29. The van der Waals surface area contributed by atoms with Gasteiger partial charge in [-0.25, -0.2) is 0 Å². The van der Waals surface area contributed by atoms with E-state index < -0.39 is 0 Å². The first-order valence-corrected chi connectivity index (χ1v) is 5.45. The second kappa shape index (κ2) is 3.92. The van der Waals surface area contributed by atoms with E-state index in [1.807, 2.05) is 18.2 Å². The maximum atomic E-state index is 6.09. The van der Waals surface area contributed by atoms with Crippen molar-refractivity contribution in [2.75, 3.05) is 0 Å². The molecule has 0 spiro atoms. The zero-order chi connectivity index (χ0) is 10.1. The third-order valence-corrected chi connectivity index (χ3v) is 3.19. The number of ether oxygens (including phenoxy) is 1. The molecular weight excluding hydrogens is 196 g/mol. The summed E-state index contributed by atoms with van der Waals surface area (Å²) in [7, 11) is 0. The maximum absolute atomic E-state index is 6.09. The summed E-state index contributed by atoms with van der Waals surface area (Å²) in [6, 6.07) is 8.03. The van der Waals surface area contributed by atoms with Gasteiger partial charge in [0.25, 0.3) is 0 Å². The van der Waals surface area contributed by atoms with Gasteiger partial charge in [-0.05, 0) is 30.9 Å². The molecule has 1 saturated heterocycles. The van der Waals surface area contributed by atoms with Crippen molar-refractivity contribution < 1.29 is 4.74 Å². The number of rotatable bonds is 3. The van der Waals surface area contributed by atoms with E-state index in [-0.39, 0.29) is 0 Å². The van der Waals surface area contributed by atoms with E-state index in [0.717, 1.165) is 11.4 Å². The Labute approximate surface area is 90.0 Å². The average Bonchev–Trinajstić information content (AvgIpc) is 2.87. The topological polar surface area (TPSA) is 12.5 Å². The van der Waals surface area contributed by atoms with Crippen molar-refractivity contribution in [2.45, 2.75) is 32.5 Å². The van der Waals surface area contributed by atoms with Gasteiger partial charge in [0.15, 0.2) is 0 Å². The Morgan fingerprint density at radius 2 is 2.07 bits per heavy atom. The molecule has 0 aliphatic carbocycles. The number of halogens is 1. The predicted molar refractivity (Wildman–Crippen MR) is 58.7 cm³/mol. The van der Waals surface area contributed by atoms with Gasteiger partial charge in [-0.3, -0.25) is 0 Å². The summed E-state index contributed by atoms with van der Waals surface area (Å²) in [5, 5.41) is 0.868. The highest BCUT2D eigenvalue weighted by atomic mass is 35.5. The molecule has 0 N–H and O–H groups in total. The third kappa shape index (κ3) is 2.10. The van der Waals surface area contributed by atoms with E-state index in [2.05, 4.69) is 19.9 Å². The van der Waals surface area contributed by atoms with Crippen LogP contribution in [0, 0.1) is 5.92 Å². The van der Waals surface area contributed by atoms with Crippen LogP contribution in [0.15, 0.2) is 24.3 Å². The zero-order valence-electron chi connectivity index (χ0n) is 8.53. The second-order valence-electron chi connectivity index (χ2n) is 4.08. The molecule has 1 aromatic carbocycles.